The van der Waals surface area contributed by atoms with Crippen molar-refractivity contribution >= 4 is 27.3 Å². The van der Waals surface area contributed by atoms with Gasteiger partial charge in [-0.15, -0.1) is 11.6 Å². The maximum Gasteiger partial charge on any atom is 0.238 e. The van der Waals surface area contributed by atoms with Crippen LogP contribution in [0.3, 0.4) is 0 Å². The lowest BCUT2D eigenvalue weighted by Crippen LogP contribution is -2.35. The molecular formula is C10H13ClFNO2S. The highest BCUT2D eigenvalue weighted by atomic mass is 35.5. The van der Waals surface area contributed by atoms with Crippen molar-refractivity contribution in [3.8, 4) is 0 Å². The SMILES string of the molecule is CC(CCl)S(=O)(=O)N(C)c1cccc(F)c1. The molecule has 0 aliphatic rings. The molecule has 1 aromatic carbocycles. The molecule has 0 saturated carbocycles. The summed E-state index contributed by atoms with van der Waals surface area (Å²) in [5, 5.41) is -0.706. The molecule has 1 unspecified atom stereocenters. The minimum absolute atomic E-state index is 0.00197. The third-order valence-corrected chi connectivity index (χ3v) is 5.08. The van der Waals surface area contributed by atoms with Gasteiger partial charge in [0.25, 0.3) is 0 Å². The van der Waals surface area contributed by atoms with E-state index in [4.69, 9.17) is 11.6 Å². The Morgan fingerprint density at radius 2 is 2.12 bits per heavy atom. The molecule has 0 fully saturated rings. The first-order valence-electron chi connectivity index (χ1n) is 4.69. The zero-order chi connectivity index (χ0) is 12.3. The van der Waals surface area contributed by atoms with Crippen LogP contribution < -0.4 is 4.31 Å². The number of sulfonamides is 1. The van der Waals surface area contributed by atoms with Gasteiger partial charge in [0.1, 0.15) is 5.82 Å². The summed E-state index contributed by atoms with van der Waals surface area (Å²) in [6.07, 6.45) is 0. The van der Waals surface area contributed by atoms with Crippen LogP contribution in [-0.2, 0) is 10.0 Å². The average Bonchev–Trinajstić information content (AvgIpc) is 2.26. The third kappa shape index (κ3) is 2.65. The van der Waals surface area contributed by atoms with Gasteiger partial charge in [0.2, 0.25) is 10.0 Å². The molecule has 1 atom stereocenters. The summed E-state index contributed by atoms with van der Waals surface area (Å²) in [6, 6.07) is 5.41. The Hall–Kier alpha value is -0.810. The average molecular weight is 266 g/mol. The van der Waals surface area contributed by atoms with E-state index >= 15 is 0 Å². The van der Waals surface area contributed by atoms with E-state index in [9.17, 15) is 12.8 Å². The Kier molecular flexibility index (Phi) is 4.15. The number of anilines is 1. The lowest BCUT2D eigenvalue weighted by Gasteiger charge is -2.22. The van der Waals surface area contributed by atoms with Gasteiger partial charge >= 0.3 is 0 Å². The highest BCUT2D eigenvalue weighted by molar-refractivity contribution is 7.93. The Bertz CT molecular complexity index is 464. The highest BCUT2D eigenvalue weighted by Gasteiger charge is 2.25. The second-order valence-electron chi connectivity index (χ2n) is 3.46. The number of halogens is 2. The van der Waals surface area contributed by atoms with Crippen LogP contribution >= 0.6 is 11.6 Å². The fourth-order valence-corrected chi connectivity index (χ4v) is 2.75. The van der Waals surface area contributed by atoms with Crippen molar-refractivity contribution in [2.24, 2.45) is 0 Å². The minimum Gasteiger partial charge on any atom is -0.273 e. The van der Waals surface area contributed by atoms with Gasteiger partial charge in [-0.1, -0.05) is 6.07 Å². The van der Waals surface area contributed by atoms with Crippen molar-refractivity contribution in [1.29, 1.82) is 0 Å². The van der Waals surface area contributed by atoms with E-state index in [0.717, 1.165) is 4.31 Å². The number of rotatable bonds is 4. The predicted octanol–water partition coefficient (Wildman–Crippen LogP) is 2.22. The first kappa shape index (κ1) is 13.3. The van der Waals surface area contributed by atoms with Crippen molar-refractivity contribution in [2.75, 3.05) is 17.2 Å². The number of nitrogens with zero attached hydrogens (tertiary/aromatic N) is 1. The van der Waals surface area contributed by atoms with Crippen LogP contribution in [0, 0.1) is 5.82 Å². The third-order valence-electron chi connectivity index (χ3n) is 2.28. The number of benzene rings is 1. The van der Waals surface area contributed by atoms with Gasteiger partial charge in [-0.25, -0.2) is 12.8 Å². The van der Waals surface area contributed by atoms with E-state index in [1.54, 1.807) is 0 Å². The molecular weight excluding hydrogens is 253 g/mol. The molecule has 3 nitrogen and oxygen atoms in total. The van der Waals surface area contributed by atoms with Gasteiger partial charge in [0.15, 0.2) is 0 Å². The highest BCUT2D eigenvalue weighted by Crippen LogP contribution is 2.20. The normalized spacial score (nSPS) is 13.5. The minimum atomic E-state index is -3.52. The Labute approximate surface area is 99.9 Å². The smallest absolute Gasteiger partial charge is 0.238 e. The number of alkyl halides is 1. The topological polar surface area (TPSA) is 37.4 Å². The lowest BCUT2D eigenvalue weighted by molar-refractivity contribution is 0.586. The Balaban J connectivity index is 3.07. The standard InChI is InChI=1S/C10H13ClFNO2S/c1-8(7-11)16(14,15)13(2)10-5-3-4-9(12)6-10/h3-6,8H,7H2,1-2H3. The van der Waals surface area contributed by atoms with E-state index in [0.29, 0.717) is 0 Å². The molecule has 1 rings (SSSR count). The van der Waals surface area contributed by atoms with Crippen molar-refractivity contribution in [1.82, 2.24) is 0 Å². The van der Waals surface area contributed by atoms with Gasteiger partial charge in [0.05, 0.1) is 10.9 Å². The zero-order valence-corrected chi connectivity index (χ0v) is 10.6. The van der Waals surface area contributed by atoms with Gasteiger partial charge in [-0.2, -0.15) is 0 Å². The summed E-state index contributed by atoms with van der Waals surface area (Å²) in [5.41, 5.74) is 0.289. The van der Waals surface area contributed by atoms with Gasteiger partial charge < -0.3 is 0 Å². The van der Waals surface area contributed by atoms with Crippen LogP contribution in [0.15, 0.2) is 24.3 Å². The fourth-order valence-electron chi connectivity index (χ4n) is 1.17. The molecule has 0 bridgehead atoms. The second-order valence-corrected chi connectivity index (χ2v) is 6.15. The summed E-state index contributed by atoms with van der Waals surface area (Å²) >= 11 is 5.52. The summed E-state index contributed by atoms with van der Waals surface area (Å²) in [5.74, 6) is -0.472. The number of hydrogen-bond donors (Lipinski definition) is 0. The van der Waals surface area contributed by atoms with Crippen molar-refractivity contribution in [2.45, 2.75) is 12.2 Å². The van der Waals surface area contributed by atoms with Crippen LogP contribution in [0.25, 0.3) is 0 Å². The molecule has 0 amide bonds. The molecule has 0 aliphatic carbocycles. The fraction of sp³-hybridized carbons (Fsp3) is 0.400. The van der Waals surface area contributed by atoms with Crippen LogP contribution in [0.1, 0.15) is 6.92 Å². The van der Waals surface area contributed by atoms with Crippen molar-refractivity contribution in [3.05, 3.63) is 30.1 Å². The van der Waals surface area contributed by atoms with Gasteiger partial charge in [-0.05, 0) is 25.1 Å². The predicted molar refractivity (Wildman–Crippen MR) is 63.9 cm³/mol. The van der Waals surface area contributed by atoms with E-state index in [1.807, 2.05) is 0 Å². The zero-order valence-electron chi connectivity index (χ0n) is 9.02. The summed E-state index contributed by atoms with van der Waals surface area (Å²) in [6.45, 7) is 1.51. The maximum atomic E-state index is 13.0. The van der Waals surface area contributed by atoms with Gasteiger partial charge in [-0.3, -0.25) is 4.31 Å². The summed E-state index contributed by atoms with van der Waals surface area (Å²) < 4.78 is 37.8. The molecule has 0 heterocycles. The van der Waals surface area contributed by atoms with Crippen LogP contribution in [0.5, 0.6) is 0 Å². The molecule has 0 saturated heterocycles. The lowest BCUT2D eigenvalue weighted by atomic mass is 10.3. The first-order valence-corrected chi connectivity index (χ1v) is 6.72. The van der Waals surface area contributed by atoms with Crippen molar-refractivity contribution in [3.63, 3.8) is 0 Å². The quantitative estimate of drug-likeness (QED) is 0.783. The molecule has 0 N–H and O–H groups in total. The molecule has 0 aromatic heterocycles. The molecule has 6 heteroatoms. The molecule has 0 aliphatic heterocycles. The van der Waals surface area contributed by atoms with Crippen LogP contribution in [0.4, 0.5) is 10.1 Å². The second kappa shape index (κ2) is 5.01. The van der Waals surface area contributed by atoms with Crippen LogP contribution in [0.2, 0.25) is 0 Å². The molecule has 1 aromatic rings. The first-order chi connectivity index (χ1) is 7.39. The van der Waals surface area contributed by atoms with Crippen LogP contribution in [-0.4, -0.2) is 26.6 Å². The molecule has 0 radical (unpaired) electrons. The summed E-state index contributed by atoms with van der Waals surface area (Å²) in [4.78, 5) is 0. The molecule has 16 heavy (non-hydrogen) atoms. The monoisotopic (exact) mass is 265 g/mol. The van der Waals surface area contributed by atoms with Crippen molar-refractivity contribution < 1.29 is 12.8 Å². The van der Waals surface area contributed by atoms with E-state index < -0.39 is 21.1 Å². The Morgan fingerprint density at radius 1 is 1.50 bits per heavy atom. The molecule has 0 spiro atoms. The summed E-state index contributed by atoms with van der Waals surface area (Å²) in [7, 11) is -2.14. The van der Waals surface area contributed by atoms with E-state index in [-0.39, 0.29) is 11.6 Å². The maximum absolute atomic E-state index is 13.0. The largest absolute Gasteiger partial charge is 0.273 e. The Morgan fingerprint density at radius 3 is 2.62 bits per heavy atom. The van der Waals surface area contributed by atoms with E-state index in [2.05, 4.69) is 0 Å². The van der Waals surface area contributed by atoms with Gasteiger partial charge in [0, 0.05) is 12.9 Å². The molecule has 90 valence electrons. The number of hydrogen-bond acceptors (Lipinski definition) is 2. The van der Waals surface area contributed by atoms with E-state index in [1.165, 1.54) is 38.2 Å².